The maximum atomic E-state index is 12.1. The van der Waals surface area contributed by atoms with Crippen molar-refractivity contribution in [1.82, 2.24) is 4.90 Å². The number of hydrogen-bond donors (Lipinski definition) is 0. The van der Waals surface area contributed by atoms with Gasteiger partial charge in [0.25, 0.3) is 5.91 Å². The van der Waals surface area contributed by atoms with E-state index in [-0.39, 0.29) is 12.5 Å². The van der Waals surface area contributed by atoms with Crippen molar-refractivity contribution in [1.29, 1.82) is 0 Å². The Balaban J connectivity index is 1.88. The normalized spacial score (nSPS) is 10.2. The molecule has 0 spiro atoms. The molecule has 2 aromatic rings. The van der Waals surface area contributed by atoms with E-state index in [2.05, 4.69) is 35.6 Å². The number of ether oxygens (including phenoxy) is 1. The van der Waals surface area contributed by atoms with Crippen LogP contribution in [0.3, 0.4) is 0 Å². The number of rotatable bonds is 5. The van der Waals surface area contributed by atoms with Gasteiger partial charge < -0.3 is 9.64 Å². The second-order valence-corrected chi connectivity index (χ2v) is 6.16. The molecule has 2 aromatic carbocycles. The lowest BCUT2D eigenvalue weighted by molar-refractivity contribution is -0.132. The molecule has 0 N–H and O–H groups in total. The number of halogens is 1. The van der Waals surface area contributed by atoms with Crippen LogP contribution in [0.25, 0.3) is 0 Å². The molecule has 0 fully saturated rings. The number of hydrogen-bond acceptors (Lipinski definition) is 2. The number of aryl methyl sites for hydroxylation is 1. The summed E-state index contributed by atoms with van der Waals surface area (Å²) in [5.74, 6) is 0.685. The van der Waals surface area contributed by atoms with Gasteiger partial charge in [-0.2, -0.15) is 0 Å². The lowest BCUT2D eigenvalue weighted by Gasteiger charge is -2.18. The van der Waals surface area contributed by atoms with Crippen LogP contribution in [0.4, 0.5) is 0 Å². The van der Waals surface area contributed by atoms with Gasteiger partial charge in [0.15, 0.2) is 6.61 Å². The quantitative estimate of drug-likeness (QED) is 0.724. The van der Waals surface area contributed by atoms with E-state index < -0.39 is 0 Å². The van der Waals surface area contributed by atoms with Crippen LogP contribution in [0.5, 0.6) is 5.75 Å². The van der Waals surface area contributed by atoms with E-state index in [0.717, 1.165) is 9.13 Å². The molecule has 4 heteroatoms. The fourth-order valence-corrected chi connectivity index (χ4v) is 2.28. The Morgan fingerprint density at radius 2 is 1.81 bits per heavy atom. The van der Waals surface area contributed by atoms with Crippen molar-refractivity contribution in [2.24, 2.45) is 0 Å². The topological polar surface area (TPSA) is 29.5 Å². The highest BCUT2D eigenvalue weighted by Crippen LogP contribution is 2.14. The molecular weight excluding hydrogens is 377 g/mol. The first-order valence-electron chi connectivity index (χ1n) is 6.73. The first kappa shape index (κ1) is 15.8. The van der Waals surface area contributed by atoms with Crippen LogP contribution in [-0.2, 0) is 11.3 Å². The van der Waals surface area contributed by atoms with Crippen molar-refractivity contribution in [3.05, 3.63) is 63.2 Å². The average molecular weight is 395 g/mol. The summed E-state index contributed by atoms with van der Waals surface area (Å²) in [6.07, 6.45) is 0. The average Bonchev–Trinajstić information content (AvgIpc) is 2.48. The van der Waals surface area contributed by atoms with Gasteiger partial charge in [-0.05, 0) is 64.9 Å². The summed E-state index contributed by atoms with van der Waals surface area (Å²) in [6, 6.07) is 15.7. The maximum Gasteiger partial charge on any atom is 0.260 e. The van der Waals surface area contributed by atoms with Crippen molar-refractivity contribution in [3.63, 3.8) is 0 Å². The number of carbonyl (C=O) groups is 1. The fourth-order valence-electron chi connectivity index (χ4n) is 1.92. The Morgan fingerprint density at radius 1 is 1.14 bits per heavy atom. The molecule has 0 saturated carbocycles. The largest absolute Gasteiger partial charge is 0.484 e. The maximum absolute atomic E-state index is 12.1. The molecule has 2 rings (SSSR count). The van der Waals surface area contributed by atoms with Gasteiger partial charge in [-0.3, -0.25) is 4.79 Å². The zero-order valence-electron chi connectivity index (χ0n) is 12.2. The van der Waals surface area contributed by atoms with E-state index in [0.29, 0.717) is 12.3 Å². The summed E-state index contributed by atoms with van der Waals surface area (Å²) in [6.45, 7) is 2.71. The van der Waals surface area contributed by atoms with Gasteiger partial charge in [-0.1, -0.05) is 24.3 Å². The molecule has 1 amide bonds. The van der Waals surface area contributed by atoms with Gasteiger partial charge in [0.1, 0.15) is 5.75 Å². The van der Waals surface area contributed by atoms with Gasteiger partial charge in [-0.25, -0.2) is 0 Å². The number of carbonyl (C=O) groups excluding carboxylic acids is 1. The molecule has 0 bridgehead atoms. The zero-order chi connectivity index (χ0) is 15.2. The van der Waals surface area contributed by atoms with Crippen molar-refractivity contribution < 1.29 is 9.53 Å². The van der Waals surface area contributed by atoms with Crippen molar-refractivity contribution in [2.45, 2.75) is 13.5 Å². The number of nitrogens with zero attached hydrogens (tertiary/aromatic N) is 1. The summed E-state index contributed by atoms with van der Waals surface area (Å²) in [7, 11) is 1.80. The molecule has 0 unspecified atom stereocenters. The second-order valence-electron chi connectivity index (χ2n) is 4.92. The smallest absolute Gasteiger partial charge is 0.260 e. The third kappa shape index (κ3) is 4.74. The molecule has 0 heterocycles. The summed E-state index contributed by atoms with van der Waals surface area (Å²) < 4.78 is 6.66. The van der Waals surface area contributed by atoms with Gasteiger partial charge in [0, 0.05) is 17.2 Å². The van der Waals surface area contributed by atoms with Crippen molar-refractivity contribution >= 4 is 28.5 Å². The third-order valence-corrected chi connectivity index (χ3v) is 3.99. The van der Waals surface area contributed by atoms with Gasteiger partial charge in [0.2, 0.25) is 0 Å². The van der Waals surface area contributed by atoms with Crippen LogP contribution >= 0.6 is 22.6 Å². The van der Waals surface area contributed by atoms with Crippen LogP contribution in [0.2, 0.25) is 0 Å². The van der Waals surface area contributed by atoms with Crippen molar-refractivity contribution in [3.8, 4) is 5.75 Å². The molecule has 0 aliphatic rings. The minimum Gasteiger partial charge on any atom is -0.484 e. The molecule has 0 radical (unpaired) electrons. The third-order valence-electron chi connectivity index (χ3n) is 3.27. The highest BCUT2D eigenvalue weighted by molar-refractivity contribution is 14.1. The Labute approximate surface area is 139 Å². The van der Waals surface area contributed by atoms with E-state index in [1.807, 2.05) is 42.5 Å². The Morgan fingerprint density at radius 3 is 2.48 bits per heavy atom. The lowest BCUT2D eigenvalue weighted by Crippen LogP contribution is -2.31. The van der Waals surface area contributed by atoms with Crippen LogP contribution in [-0.4, -0.2) is 24.5 Å². The first-order valence-corrected chi connectivity index (χ1v) is 7.81. The number of benzene rings is 2. The highest BCUT2D eigenvalue weighted by Gasteiger charge is 2.11. The van der Waals surface area contributed by atoms with Gasteiger partial charge >= 0.3 is 0 Å². The molecule has 21 heavy (non-hydrogen) atoms. The van der Waals surface area contributed by atoms with Crippen LogP contribution in [0.1, 0.15) is 11.1 Å². The minimum atomic E-state index is -0.0307. The molecule has 0 atom stereocenters. The minimum absolute atomic E-state index is 0.0307. The predicted octanol–water partition coefficient (Wildman–Crippen LogP) is 3.64. The highest BCUT2D eigenvalue weighted by atomic mass is 127. The number of amides is 1. The summed E-state index contributed by atoms with van der Waals surface area (Å²) >= 11 is 2.23. The van der Waals surface area contributed by atoms with Crippen LogP contribution < -0.4 is 4.74 Å². The van der Waals surface area contributed by atoms with Crippen LogP contribution in [0, 0.1) is 10.5 Å². The summed E-state index contributed by atoms with van der Waals surface area (Å²) in [5, 5.41) is 0. The summed E-state index contributed by atoms with van der Waals surface area (Å²) in [4.78, 5) is 13.8. The second kappa shape index (κ2) is 7.45. The van der Waals surface area contributed by atoms with Gasteiger partial charge in [0.05, 0.1) is 0 Å². The SMILES string of the molecule is Cc1ccccc1CN(C)C(=O)COc1ccc(I)cc1. The molecule has 0 aliphatic heterocycles. The molecule has 0 saturated heterocycles. The monoisotopic (exact) mass is 395 g/mol. The Kier molecular flexibility index (Phi) is 5.61. The van der Waals surface area contributed by atoms with Gasteiger partial charge in [-0.15, -0.1) is 0 Å². The van der Waals surface area contributed by atoms with E-state index in [1.54, 1.807) is 11.9 Å². The van der Waals surface area contributed by atoms with E-state index in [4.69, 9.17) is 4.74 Å². The molecule has 0 aromatic heterocycles. The van der Waals surface area contributed by atoms with Crippen LogP contribution in [0.15, 0.2) is 48.5 Å². The first-order chi connectivity index (χ1) is 10.1. The van der Waals surface area contributed by atoms with E-state index in [1.165, 1.54) is 5.56 Å². The van der Waals surface area contributed by atoms with E-state index >= 15 is 0 Å². The van der Waals surface area contributed by atoms with E-state index in [9.17, 15) is 4.79 Å². The molecular formula is C17H18INO2. The van der Waals surface area contributed by atoms with Crippen molar-refractivity contribution in [2.75, 3.05) is 13.7 Å². The lowest BCUT2D eigenvalue weighted by atomic mass is 10.1. The zero-order valence-corrected chi connectivity index (χ0v) is 14.3. The fraction of sp³-hybridized carbons (Fsp3) is 0.235. The molecule has 110 valence electrons. The standard InChI is InChI=1S/C17H18INO2/c1-13-5-3-4-6-14(13)11-19(2)17(20)12-21-16-9-7-15(18)8-10-16/h3-10H,11-12H2,1-2H3. The summed E-state index contributed by atoms with van der Waals surface area (Å²) in [5.41, 5.74) is 2.35. The Bertz CT molecular complexity index is 610. The molecule has 0 aliphatic carbocycles. The molecule has 3 nitrogen and oxygen atoms in total. The Hall–Kier alpha value is -1.56. The predicted molar refractivity (Wildman–Crippen MR) is 92.3 cm³/mol. The number of likely N-dealkylation sites (N-methyl/N-ethyl adjacent to an activating group) is 1.